The second-order valence-electron chi connectivity index (χ2n) is 16.0. The molecule has 63 heavy (non-hydrogen) atoms. The lowest BCUT2D eigenvalue weighted by Gasteiger charge is -2.41. The maximum atomic E-state index is 12.8. The maximum absolute atomic E-state index is 12.8. The zero-order valence-electron chi connectivity index (χ0n) is 38.6. The van der Waals surface area contributed by atoms with Gasteiger partial charge in [0.2, 0.25) is 0 Å². The molecule has 4 N–H and O–H groups in total. The summed E-state index contributed by atoms with van der Waals surface area (Å²) in [5, 5.41) is 30.7. The Balaban J connectivity index is 2.46. The van der Waals surface area contributed by atoms with E-state index in [1.54, 1.807) is 0 Å². The van der Waals surface area contributed by atoms with Crippen LogP contribution in [0.5, 0.6) is 0 Å². The topological polar surface area (TPSA) is 178 Å². The summed E-state index contributed by atoms with van der Waals surface area (Å²) in [5.74, 6) is -0.461. The van der Waals surface area contributed by atoms with Gasteiger partial charge >= 0.3 is 16.4 Å². The quantitative estimate of drug-likeness (QED) is 0.0198. The van der Waals surface area contributed by atoms with E-state index in [-0.39, 0.29) is 19.6 Å². The average molecular weight is 909 g/mol. The van der Waals surface area contributed by atoms with E-state index >= 15 is 0 Å². The van der Waals surface area contributed by atoms with E-state index in [9.17, 15) is 33.1 Å². The predicted octanol–water partition coefficient (Wildman–Crippen LogP) is 10.5. The van der Waals surface area contributed by atoms with Crippen molar-refractivity contribution in [2.75, 3.05) is 26.4 Å². The molecule has 1 heterocycles. The van der Waals surface area contributed by atoms with Crippen molar-refractivity contribution in [2.45, 2.75) is 198 Å². The first-order valence-corrected chi connectivity index (χ1v) is 25.2. The van der Waals surface area contributed by atoms with E-state index in [0.29, 0.717) is 19.4 Å². The van der Waals surface area contributed by atoms with Crippen molar-refractivity contribution in [3.63, 3.8) is 0 Å². The number of carbonyl (C=O) groups excluding carboxylic acids is 1. The van der Waals surface area contributed by atoms with Gasteiger partial charge in [0.05, 0.1) is 19.8 Å². The summed E-state index contributed by atoms with van der Waals surface area (Å²) >= 11 is 0. The molecule has 0 bridgehead atoms. The van der Waals surface area contributed by atoms with Gasteiger partial charge in [0, 0.05) is 13.0 Å². The highest BCUT2D eigenvalue weighted by Crippen LogP contribution is 2.26. The first kappa shape index (κ1) is 58.3. The number of esters is 1. The second kappa shape index (κ2) is 40.8. The van der Waals surface area contributed by atoms with Gasteiger partial charge in [-0.2, -0.15) is 8.42 Å². The van der Waals surface area contributed by atoms with E-state index < -0.39 is 59.8 Å². The minimum atomic E-state index is -5.08. The molecule has 1 aliphatic heterocycles. The van der Waals surface area contributed by atoms with Crippen LogP contribution in [0.1, 0.15) is 162 Å². The molecule has 0 amide bonds. The molecule has 0 aromatic carbocycles. The van der Waals surface area contributed by atoms with Crippen molar-refractivity contribution in [1.29, 1.82) is 0 Å². The molecular weight excluding hydrogens is 825 g/mol. The Labute approximate surface area is 381 Å². The lowest BCUT2D eigenvalue weighted by atomic mass is 9.99. The van der Waals surface area contributed by atoms with E-state index in [1.807, 2.05) is 6.08 Å². The van der Waals surface area contributed by atoms with Gasteiger partial charge in [-0.05, 0) is 83.5 Å². The fourth-order valence-electron chi connectivity index (χ4n) is 6.68. The number of ether oxygens (including phenoxy) is 4. The number of aliphatic hydroxyl groups is 3. The van der Waals surface area contributed by atoms with Gasteiger partial charge in [-0.3, -0.25) is 9.35 Å². The number of hydrogen-bond donors (Lipinski definition) is 4. The molecule has 0 aromatic heterocycles. The predicted molar refractivity (Wildman–Crippen MR) is 252 cm³/mol. The van der Waals surface area contributed by atoms with Crippen molar-refractivity contribution in [3.8, 4) is 0 Å². The Morgan fingerprint density at radius 1 is 0.619 bits per heavy atom. The minimum Gasteiger partial charge on any atom is -0.457 e. The van der Waals surface area contributed by atoms with Crippen LogP contribution in [0.3, 0.4) is 0 Å². The number of rotatable bonds is 40. The molecule has 6 unspecified atom stereocenters. The van der Waals surface area contributed by atoms with Gasteiger partial charge in [-0.25, -0.2) is 4.18 Å². The van der Waals surface area contributed by atoms with Crippen molar-refractivity contribution in [3.05, 3.63) is 85.1 Å². The molecular formula is C50H84O12S. The molecule has 0 aliphatic carbocycles. The zero-order valence-corrected chi connectivity index (χ0v) is 39.4. The third-order valence-electron chi connectivity index (χ3n) is 10.3. The number of aliphatic hydroxyl groups excluding tert-OH is 3. The first-order valence-electron chi connectivity index (χ1n) is 23.8. The van der Waals surface area contributed by atoms with Gasteiger partial charge in [-0.1, -0.05) is 157 Å². The number of hydrogen-bond acceptors (Lipinski definition) is 11. The normalized spacial score (nSPS) is 20.6. The lowest BCUT2D eigenvalue weighted by Crippen LogP contribution is -2.60. The third-order valence-corrected chi connectivity index (χ3v) is 10.7. The number of carbonyl (C=O) groups is 1. The summed E-state index contributed by atoms with van der Waals surface area (Å²) in [6.45, 7) is 3.76. The Hall–Kier alpha value is -2.72. The average Bonchev–Trinajstić information content (AvgIpc) is 3.26. The molecule has 0 saturated carbocycles. The Bertz CT molecular complexity index is 1420. The van der Waals surface area contributed by atoms with E-state index in [2.05, 4.69) is 97.0 Å². The standard InChI is InChI=1S/C50H84O12S/c1-3-5-7-9-11-13-15-17-19-21-22-24-26-28-30-32-34-36-38-40-58-42-44(43-59-50-48(54)49(62-63(55,56)57)47(53)45(41-51)61-50)60-46(52)39-37-35-33-31-29-27-25-23-20-18-16-14-12-10-8-6-4-2/h6,8,12-15,18-21,25,27,31,33,44-45,47-51,53-54H,3-5,7,9-11,16-17,22-24,26,28-30,32,34-43H2,1-2H3,(H,55,56,57)/b8-6-,14-12-,15-13-,20-18-,21-19-,27-25-,33-31-. The Morgan fingerprint density at radius 3 is 1.60 bits per heavy atom. The van der Waals surface area contributed by atoms with Gasteiger partial charge in [0.15, 0.2) is 6.29 Å². The fourth-order valence-corrected chi connectivity index (χ4v) is 7.19. The summed E-state index contributed by atoms with van der Waals surface area (Å²) in [6, 6.07) is 0. The van der Waals surface area contributed by atoms with Crippen LogP contribution >= 0.6 is 0 Å². The van der Waals surface area contributed by atoms with Crippen LogP contribution in [0, 0.1) is 0 Å². The molecule has 6 atom stereocenters. The van der Waals surface area contributed by atoms with Crippen LogP contribution in [0.25, 0.3) is 0 Å². The highest BCUT2D eigenvalue weighted by atomic mass is 32.3. The first-order chi connectivity index (χ1) is 30.6. The van der Waals surface area contributed by atoms with Crippen molar-refractivity contribution >= 4 is 16.4 Å². The van der Waals surface area contributed by atoms with Gasteiger partial charge < -0.3 is 34.3 Å². The van der Waals surface area contributed by atoms with Crippen LogP contribution in [0.15, 0.2) is 85.1 Å². The van der Waals surface area contributed by atoms with E-state index in [0.717, 1.165) is 64.2 Å². The second-order valence-corrected chi connectivity index (χ2v) is 17.0. The molecule has 1 saturated heterocycles. The molecule has 12 nitrogen and oxygen atoms in total. The summed E-state index contributed by atoms with van der Waals surface area (Å²) in [7, 11) is -5.08. The molecule has 0 radical (unpaired) electrons. The molecule has 0 spiro atoms. The van der Waals surface area contributed by atoms with Gasteiger partial charge in [-0.15, -0.1) is 0 Å². The minimum absolute atomic E-state index is 0.00408. The highest BCUT2D eigenvalue weighted by molar-refractivity contribution is 7.80. The van der Waals surface area contributed by atoms with E-state index in [1.165, 1.54) is 64.2 Å². The summed E-state index contributed by atoms with van der Waals surface area (Å²) in [5.41, 5.74) is 0. The number of unbranched alkanes of at least 4 members (excludes halogenated alkanes) is 13. The van der Waals surface area contributed by atoms with Gasteiger partial charge in [0.25, 0.3) is 0 Å². The smallest absolute Gasteiger partial charge is 0.397 e. The van der Waals surface area contributed by atoms with Crippen LogP contribution < -0.4 is 0 Å². The van der Waals surface area contributed by atoms with Gasteiger partial charge in [0.1, 0.15) is 30.5 Å². The highest BCUT2D eigenvalue weighted by Gasteiger charge is 2.48. The molecule has 1 rings (SSSR count). The molecule has 1 fully saturated rings. The van der Waals surface area contributed by atoms with Crippen molar-refractivity contribution in [2.24, 2.45) is 0 Å². The monoisotopic (exact) mass is 909 g/mol. The van der Waals surface area contributed by atoms with Crippen LogP contribution in [-0.2, 0) is 38.3 Å². The summed E-state index contributed by atoms with van der Waals surface area (Å²) in [6.07, 6.45) is 44.8. The van der Waals surface area contributed by atoms with E-state index in [4.69, 9.17) is 18.9 Å². The van der Waals surface area contributed by atoms with Crippen molar-refractivity contribution < 1.29 is 56.2 Å². The third kappa shape index (κ3) is 34.3. The molecule has 0 aromatic rings. The Morgan fingerprint density at radius 2 is 1.10 bits per heavy atom. The molecule has 13 heteroatoms. The molecule has 1 aliphatic rings. The Kier molecular flexibility index (Phi) is 37.7. The zero-order chi connectivity index (χ0) is 46.1. The SMILES string of the molecule is CC/C=C\C/C=C\C/C=C\C/C=C\C/C=C\CCCC(=O)OC(COCCCCCCCCCC/C=C\C/C=C\CCCCCC)COC1OC(CO)C(O)C(OS(=O)(=O)O)C1O. The fraction of sp³-hybridized carbons (Fsp3) is 0.700. The lowest BCUT2D eigenvalue weighted by molar-refractivity contribution is -0.301. The van der Waals surface area contributed by atoms with Crippen LogP contribution in [0.4, 0.5) is 0 Å². The van der Waals surface area contributed by atoms with Crippen LogP contribution in [-0.4, -0.2) is 97.5 Å². The van der Waals surface area contributed by atoms with Crippen LogP contribution in [0.2, 0.25) is 0 Å². The molecule has 362 valence electrons. The number of allylic oxidation sites excluding steroid dienone is 14. The summed E-state index contributed by atoms with van der Waals surface area (Å²) in [4.78, 5) is 12.8. The summed E-state index contributed by atoms with van der Waals surface area (Å²) < 4.78 is 59.1. The largest absolute Gasteiger partial charge is 0.457 e. The van der Waals surface area contributed by atoms with Crippen molar-refractivity contribution in [1.82, 2.24) is 0 Å². The maximum Gasteiger partial charge on any atom is 0.397 e.